The van der Waals surface area contributed by atoms with E-state index in [1.165, 1.54) is 22.1 Å². The van der Waals surface area contributed by atoms with Crippen molar-refractivity contribution in [1.29, 1.82) is 0 Å². The van der Waals surface area contributed by atoms with Gasteiger partial charge in [-0.1, -0.05) is 90.1 Å². The first-order valence-electron chi connectivity index (χ1n) is 15.4. The zero-order chi connectivity index (χ0) is 30.9. The number of pyridine rings is 1. The topological polar surface area (TPSA) is 39.4 Å². The normalized spacial score (nSPS) is 17.2. The van der Waals surface area contributed by atoms with Gasteiger partial charge in [0.2, 0.25) is 0 Å². The van der Waals surface area contributed by atoms with E-state index in [4.69, 9.17) is 14.7 Å². The van der Waals surface area contributed by atoms with Crippen molar-refractivity contribution in [2.45, 2.75) is 86.1 Å². The third-order valence-corrected chi connectivity index (χ3v) is 9.20. The second-order valence-electron chi connectivity index (χ2n) is 14.8. The van der Waals surface area contributed by atoms with Crippen LogP contribution in [0.3, 0.4) is 0 Å². The summed E-state index contributed by atoms with van der Waals surface area (Å²) < 4.78 is 8.59. The SMILES string of the molecule is Cc1ccc2c(c1)c1ccc(-c3cc(C(C)(C)C)ccn3)[c-]c1n2-c1[c-]c(C2=N[C@](C)(C(C)(C)C)CO2)cc(C(C)C)c1.[Pt+2]. The number of nitrogens with zero attached hydrogens (tertiary/aromatic N) is 3. The van der Waals surface area contributed by atoms with E-state index in [-0.39, 0.29) is 37.4 Å². The van der Waals surface area contributed by atoms with Gasteiger partial charge in [0.05, 0.1) is 5.54 Å². The number of aryl methyl sites for hydroxylation is 1. The van der Waals surface area contributed by atoms with Crippen LogP contribution in [0, 0.1) is 24.5 Å². The predicted octanol–water partition coefficient (Wildman–Crippen LogP) is 9.75. The molecule has 5 aromatic rings. The average molecular weight is 765 g/mol. The van der Waals surface area contributed by atoms with Gasteiger partial charge < -0.3 is 14.3 Å². The predicted molar refractivity (Wildman–Crippen MR) is 180 cm³/mol. The minimum atomic E-state index is -0.300. The summed E-state index contributed by atoms with van der Waals surface area (Å²) in [5.41, 5.74) is 9.31. The number of benzene rings is 3. The van der Waals surface area contributed by atoms with Crippen molar-refractivity contribution in [2.24, 2.45) is 10.4 Å². The van der Waals surface area contributed by atoms with Crippen LogP contribution in [-0.4, -0.2) is 27.6 Å². The summed E-state index contributed by atoms with van der Waals surface area (Å²) in [5.74, 6) is 0.993. The van der Waals surface area contributed by atoms with Crippen molar-refractivity contribution in [3.8, 4) is 16.9 Å². The standard InChI is InChI=1S/C39H43N3O.Pt/c1-24(2)27-18-28(36-41-39(10,23-43-36)38(7,8)9)20-30(19-27)42-34-14-11-25(3)17-32(34)31-13-12-26(21-35(31)42)33-22-29(15-16-40-33)37(4,5)6;/h11-19,22,24H,23H2,1-10H3;/q-2;+2/t39-;/m0./s1. The third-order valence-electron chi connectivity index (χ3n) is 9.20. The number of fused-ring (bicyclic) bond motifs is 3. The Bertz CT molecular complexity index is 1900. The fourth-order valence-electron chi connectivity index (χ4n) is 5.67. The number of aliphatic imine (C=N–C) groups is 1. The van der Waals surface area contributed by atoms with Crippen LogP contribution in [0.2, 0.25) is 0 Å². The molecule has 230 valence electrons. The smallest absolute Gasteiger partial charge is 0.518 e. The molecule has 0 fully saturated rings. The Kier molecular flexibility index (Phi) is 8.25. The van der Waals surface area contributed by atoms with Crippen LogP contribution in [0.4, 0.5) is 0 Å². The minimum absolute atomic E-state index is 0. The molecule has 44 heavy (non-hydrogen) atoms. The Morgan fingerprint density at radius 2 is 1.64 bits per heavy atom. The molecule has 5 heteroatoms. The van der Waals surface area contributed by atoms with Gasteiger partial charge in [-0.05, 0) is 70.6 Å². The quantitative estimate of drug-likeness (QED) is 0.171. The molecule has 0 radical (unpaired) electrons. The van der Waals surface area contributed by atoms with Gasteiger partial charge in [0.15, 0.2) is 0 Å². The molecule has 0 unspecified atom stereocenters. The molecular formula is C39H43N3OPt. The zero-order valence-electron chi connectivity index (χ0n) is 27.6. The van der Waals surface area contributed by atoms with Gasteiger partial charge in [-0.15, -0.1) is 47.5 Å². The molecule has 1 aliphatic heterocycles. The third kappa shape index (κ3) is 5.67. The van der Waals surface area contributed by atoms with Crippen LogP contribution >= 0.6 is 0 Å². The molecule has 0 aliphatic carbocycles. The Balaban J connectivity index is 0.00000384. The molecule has 4 nitrogen and oxygen atoms in total. The molecule has 3 aromatic carbocycles. The van der Waals surface area contributed by atoms with Crippen LogP contribution in [0.15, 0.2) is 65.8 Å². The van der Waals surface area contributed by atoms with Gasteiger partial charge >= 0.3 is 21.1 Å². The van der Waals surface area contributed by atoms with E-state index in [1.54, 1.807) is 0 Å². The number of rotatable bonds is 4. The van der Waals surface area contributed by atoms with Crippen LogP contribution in [0.25, 0.3) is 38.8 Å². The van der Waals surface area contributed by atoms with Gasteiger partial charge in [0.25, 0.3) is 0 Å². The Morgan fingerprint density at radius 1 is 0.886 bits per heavy atom. The second kappa shape index (κ2) is 11.3. The van der Waals surface area contributed by atoms with Crippen LogP contribution in [0.1, 0.15) is 90.5 Å². The van der Waals surface area contributed by atoms with Crippen molar-refractivity contribution >= 4 is 27.7 Å². The first-order valence-corrected chi connectivity index (χ1v) is 15.4. The summed E-state index contributed by atoms with van der Waals surface area (Å²) in [6, 6.07) is 27.3. The van der Waals surface area contributed by atoms with E-state index >= 15 is 0 Å². The molecule has 2 aromatic heterocycles. The molecule has 0 bridgehead atoms. The number of aromatic nitrogens is 2. The monoisotopic (exact) mass is 764 g/mol. The van der Waals surface area contributed by atoms with E-state index in [0.717, 1.165) is 38.9 Å². The van der Waals surface area contributed by atoms with Crippen molar-refractivity contribution in [2.75, 3.05) is 6.61 Å². The first-order chi connectivity index (χ1) is 20.1. The molecule has 6 rings (SSSR count). The molecule has 0 N–H and O–H groups in total. The maximum Gasteiger partial charge on any atom is 2.00 e. The molecule has 1 aliphatic rings. The van der Waals surface area contributed by atoms with Crippen molar-refractivity contribution in [1.82, 2.24) is 9.55 Å². The number of hydrogen-bond donors (Lipinski definition) is 0. The van der Waals surface area contributed by atoms with E-state index in [0.29, 0.717) is 18.4 Å². The van der Waals surface area contributed by atoms with Crippen LogP contribution in [0.5, 0.6) is 0 Å². The van der Waals surface area contributed by atoms with E-state index in [2.05, 4.69) is 141 Å². The van der Waals surface area contributed by atoms with Gasteiger partial charge in [-0.25, -0.2) is 0 Å². The van der Waals surface area contributed by atoms with Gasteiger partial charge in [-0.2, -0.15) is 0 Å². The molecule has 1 atom stereocenters. The van der Waals surface area contributed by atoms with E-state index < -0.39 is 0 Å². The maximum atomic E-state index is 6.29. The van der Waals surface area contributed by atoms with Crippen LogP contribution < -0.4 is 0 Å². The summed E-state index contributed by atoms with van der Waals surface area (Å²) in [7, 11) is 0. The van der Waals surface area contributed by atoms with Crippen molar-refractivity contribution < 1.29 is 25.8 Å². The Morgan fingerprint density at radius 3 is 2.30 bits per heavy atom. The largest absolute Gasteiger partial charge is 2.00 e. The van der Waals surface area contributed by atoms with Crippen LogP contribution in [-0.2, 0) is 31.2 Å². The number of hydrogen-bond acceptors (Lipinski definition) is 3. The fraction of sp³-hybridized carbons (Fsp3) is 0.385. The maximum absolute atomic E-state index is 6.29. The summed E-state index contributed by atoms with van der Waals surface area (Å²) >= 11 is 0. The van der Waals surface area contributed by atoms with E-state index in [9.17, 15) is 0 Å². The molecule has 0 saturated carbocycles. The number of ether oxygens (including phenoxy) is 1. The molecule has 0 spiro atoms. The minimum Gasteiger partial charge on any atom is -0.518 e. The fourth-order valence-corrected chi connectivity index (χ4v) is 5.67. The summed E-state index contributed by atoms with van der Waals surface area (Å²) in [5, 5.41) is 2.36. The molecule has 0 amide bonds. The van der Waals surface area contributed by atoms with Gasteiger partial charge in [0.1, 0.15) is 12.5 Å². The molecular weight excluding hydrogens is 722 g/mol. The molecule has 0 saturated heterocycles. The Hall–Kier alpha value is -3.23. The van der Waals surface area contributed by atoms with Gasteiger partial charge in [-0.3, -0.25) is 4.99 Å². The average Bonchev–Trinajstić information content (AvgIpc) is 3.51. The van der Waals surface area contributed by atoms with E-state index in [1.807, 2.05) is 6.20 Å². The molecule has 3 heterocycles. The summed E-state index contributed by atoms with van der Waals surface area (Å²) in [4.78, 5) is 9.90. The van der Waals surface area contributed by atoms with Crippen molar-refractivity contribution in [3.05, 3.63) is 95.2 Å². The zero-order valence-corrected chi connectivity index (χ0v) is 29.9. The summed E-state index contributed by atoms with van der Waals surface area (Å²) in [6.45, 7) is 22.7. The first kappa shape index (κ1) is 32.2. The van der Waals surface area contributed by atoms with Crippen molar-refractivity contribution in [3.63, 3.8) is 0 Å². The Labute approximate surface area is 277 Å². The van der Waals surface area contributed by atoms with Gasteiger partial charge in [0, 0.05) is 11.7 Å². The second-order valence-corrected chi connectivity index (χ2v) is 14.8. The summed E-state index contributed by atoms with van der Waals surface area (Å²) in [6.07, 6.45) is 1.91.